The number of pyridine rings is 2. The first-order valence-electron chi connectivity index (χ1n) is 8.29. The van der Waals surface area contributed by atoms with Crippen LogP contribution in [0.2, 0.25) is 0 Å². The fraction of sp³-hybridized carbons (Fsp3) is 0.300. The van der Waals surface area contributed by atoms with Gasteiger partial charge in [-0.3, -0.25) is 4.98 Å². The first-order valence-corrected chi connectivity index (χ1v) is 8.29. The van der Waals surface area contributed by atoms with Crippen molar-refractivity contribution in [3.05, 3.63) is 65.5 Å². The van der Waals surface area contributed by atoms with E-state index in [2.05, 4.69) is 52.5 Å². The van der Waals surface area contributed by atoms with Crippen LogP contribution in [-0.4, -0.2) is 17.0 Å². The number of unbranched alkanes of at least 4 members (excludes halogenated alkanes) is 1. The molecule has 1 aromatic carbocycles. The third kappa shape index (κ3) is 3.67. The van der Waals surface area contributed by atoms with Gasteiger partial charge in [0.05, 0.1) is 5.52 Å². The molecule has 0 aliphatic rings. The number of benzene rings is 1. The highest BCUT2D eigenvalue weighted by molar-refractivity contribution is 5.83. The molecule has 0 aliphatic carbocycles. The Bertz CT molecular complexity index is 778. The number of hydrogen-bond acceptors (Lipinski definition) is 3. The molecule has 0 bridgehead atoms. The Labute approximate surface area is 137 Å². The molecule has 23 heavy (non-hydrogen) atoms. The molecule has 118 valence electrons. The Balaban J connectivity index is 1.87. The summed E-state index contributed by atoms with van der Waals surface area (Å²) in [5.41, 5.74) is 4.99. The zero-order valence-electron chi connectivity index (χ0n) is 13.8. The first kappa shape index (κ1) is 15.5. The highest BCUT2D eigenvalue weighted by Gasteiger charge is 2.05. The maximum atomic E-state index is 4.55. The number of aromatic nitrogens is 2. The van der Waals surface area contributed by atoms with Crippen LogP contribution < -0.4 is 5.32 Å². The summed E-state index contributed by atoms with van der Waals surface area (Å²) in [6.45, 7) is 2.23. The SMILES string of the molecule is CCCCc1ccc2c(Cc3ccc(NC)nc3)ccnc2c1. The summed E-state index contributed by atoms with van der Waals surface area (Å²) in [5, 5.41) is 4.29. The zero-order chi connectivity index (χ0) is 16.1. The zero-order valence-corrected chi connectivity index (χ0v) is 13.8. The van der Waals surface area contributed by atoms with Crippen LogP contribution >= 0.6 is 0 Å². The largest absolute Gasteiger partial charge is 0.373 e. The molecule has 0 aliphatic heterocycles. The van der Waals surface area contributed by atoms with Crippen molar-refractivity contribution in [3.8, 4) is 0 Å². The minimum Gasteiger partial charge on any atom is -0.373 e. The van der Waals surface area contributed by atoms with Crippen molar-refractivity contribution in [2.75, 3.05) is 12.4 Å². The lowest BCUT2D eigenvalue weighted by atomic mass is 10.00. The molecule has 3 aromatic rings. The number of rotatable bonds is 6. The number of nitrogens with zero attached hydrogens (tertiary/aromatic N) is 2. The molecule has 0 radical (unpaired) electrons. The lowest BCUT2D eigenvalue weighted by molar-refractivity contribution is 0.795. The van der Waals surface area contributed by atoms with Gasteiger partial charge >= 0.3 is 0 Å². The average molecular weight is 305 g/mol. The number of nitrogens with one attached hydrogen (secondary N) is 1. The summed E-state index contributed by atoms with van der Waals surface area (Å²) in [6.07, 6.45) is 8.32. The van der Waals surface area contributed by atoms with E-state index in [9.17, 15) is 0 Å². The standard InChI is InChI=1S/C20H23N3/c1-3-4-5-15-6-8-18-17(10-11-22-19(18)13-15)12-16-7-9-20(21-2)23-14-16/h6-11,13-14H,3-5,12H2,1-2H3,(H,21,23). The molecule has 0 saturated carbocycles. The van der Waals surface area contributed by atoms with E-state index in [0.29, 0.717) is 0 Å². The molecule has 2 aromatic heterocycles. The average Bonchev–Trinajstić information content (AvgIpc) is 2.60. The van der Waals surface area contributed by atoms with Crippen LogP contribution in [0.3, 0.4) is 0 Å². The summed E-state index contributed by atoms with van der Waals surface area (Å²) >= 11 is 0. The molecule has 0 atom stereocenters. The second kappa shape index (κ2) is 7.23. The summed E-state index contributed by atoms with van der Waals surface area (Å²) < 4.78 is 0. The molecule has 1 N–H and O–H groups in total. The third-order valence-corrected chi connectivity index (χ3v) is 4.19. The highest BCUT2D eigenvalue weighted by atomic mass is 14.9. The monoisotopic (exact) mass is 305 g/mol. The van der Waals surface area contributed by atoms with E-state index in [1.54, 1.807) is 0 Å². The van der Waals surface area contributed by atoms with Gasteiger partial charge in [0, 0.05) is 24.8 Å². The Morgan fingerprint density at radius 3 is 2.61 bits per heavy atom. The number of anilines is 1. The van der Waals surface area contributed by atoms with Crippen molar-refractivity contribution in [1.29, 1.82) is 0 Å². The van der Waals surface area contributed by atoms with Gasteiger partial charge in [0.1, 0.15) is 5.82 Å². The van der Waals surface area contributed by atoms with E-state index >= 15 is 0 Å². The second-order valence-electron chi connectivity index (χ2n) is 5.90. The van der Waals surface area contributed by atoms with Gasteiger partial charge in [0.15, 0.2) is 0 Å². The van der Waals surface area contributed by atoms with Gasteiger partial charge in [-0.2, -0.15) is 0 Å². The van der Waals surface area contributed by atoms with E-state index < -0.39 is 0 Å². The number of hydrogen-bond donors (Lipinski definition) is 1. The van der Waals surface area contributed by atoms with Crippen molar-refractivity contribution < 1.29 is 0 Å². The molecule has 0 saturated heterocycles. The topological polar surface area (TPSA) is 37.8 Å². The lowest BCUT2D eigenvalue weighted by Crippen LogP contribution is -1.96. The maximum Gasteiger partial charge on any atom is 0.125 e. The van der Waals surface area contributed by atoms with Gasteiger partial charge in [-0.25, -0.2) is 4.98 Å². The fourth-order valence-corrected chi connectivity index (χ4v) is 2.84. The number of aryl methyl sites for hydroxylation is 1. The van der Waals surface area contributed by atoms with Crippen LogP contribution in [0.1, 0.15) is 36.5 Å². The molecule has 3 heteroatoms. The predicted octanol–water partition coefficient (Wildman–Crippen LogP) is 4.60. The molecular weight excluding hydrogens is 282 g/mol. The van der Waals surface area contributed by atoms with Crippen molar-refractivity contribution in [3.63, 3.8) is 0 Å². The van der Waals surface area contributed by atoms with E-state index in [1.807, 2.05) is 25.5 Å². The van der Waals surface area contributed by atoms with Crippen molar-refractivity contribution >= 4 is 16.7 Å². The molecule has 3 nitrogen and oxygen atoms in total. The van der Waals surface area contributed by atoms with Crippen LogP contribution in [0.25, 0.3) is 10.9 Å². The van der Waals surface area contributed by atoms with Crippen LogP contribution in [0, 0.1) is 0 Å². The minimum absolute atomic E-state index is 0.879. The van der Waals surface area contributed by atoms with E-state index in [1.165, 1.54) is 34.9 Å². The Kier molecular flexibility index (Phi) is 4.86. The molecule has 0 fully saturated rings. The molecule has 2 heterocycles. The predicted molar refractivity (Wildman–Crippen MR) is 96.9 cm³/mol. The van der Waals surface area contributed by atoms with Gasteiger partial charge in [0.2, 0.25) is 0 Å². The molecule has 0 spiro atoms. The highest BCUT2D eigenvalue weighted by Crippen LogP contribution is 2.22. The lowest BCUT2D eigenvalue weighted by Gasteiger charge is -2.08. The third-order valence-electron chi connectivity index (χ3n) is 4.19. The van der Waals surface area contributed by atoms with Crippen molar-refractivity contribution in [2.45, 2.75) is 32.6 Å². The first-order chi connectivity index (χ1) is 11.3. The van der Waals surface area contributed by atoms with E-state index in [-0.39, 0.29) is 0 Å². The van der Waals surface area contributed by atoms with Crippen LogP contribution in [0.4, 0.5) is 5.82 Å². The summed E-state index contributed by atoms with van der Waals surface area (Å²) in [7, 11) is 1.88. The summed E-state index contributed by atoms with van der Waals surface area (Å²) in [5.74, 6) is 0.897. The maximum absolute atomic E-state index is 4.55. The fourth-order valence-electron chi connectivity index (χ4n) is 2.84. The van der Waals surface area contributed by atoms with Gasteiger partial charge < -0.3 is 5.32 Å². The Morgan fingerprint density at radius 2 is 1.87 bits per heavy atom. The van der Waals surface area contributed by atoms with Gasteiger partial charge in [-0.05, 0) is 54.2 Å². The summed E-state index contributed by atoms with van der Waals surface area (Å²) in [6, 6.07) is 12.9. The molecule has 3 rings (SSSR count). The quantitative estimate of drug-likeness (QED) is 0.723. The summed E-state index contributed by atoms with van der Waals surface area (Å²) in [4.78, 5) is 8.95. The van der Waals surface area contributed by atoms with Crippen LogP contribution in [-0.2, 0) is 12.8 Å². The Morgan fingerprint density at radius 1 is 1.00 bits per heavy atom. The smallest absolute Gasteiger partial charge is 0.125 e. The molecule has 0 amide bonds. The van der Waals surface area contributed by atoms with E-state index in [4.69, 9.17) is 0 Å². The van der Waals surface area contributed by atoms with E-state index in [0.717, 1.165) is 24.2 Å². The normalized spacial score (nSPS) is 10.9. The molecular formula is C20H23N3. The van der Waals surface area contributed by atoms with Crippen molar-refractivity contribution in [2.24, 2.45) is 0 Å². The van der Waals surface area contributed by atoms with Gasteiger partial charge in [-0.15, -0.1) is 0 Å². The second-order valence-corrected chi connectivity index (χ2v) is 5.90. The minimum atomic E-state index is 0.879. The van der Waals surface area contributed by atoms with Gasteiger partial charge in [0.25, 0.3) is 0 Å². The van der Waals surface area contributed by atoms with Crippen LogP contribution in [0.5, 0.6) is 0 Å². The van der Waals surface area contributed by atoms with Crippen molar-refractivity contribution in [1.82, 2.24) is 9.97 Å². The Hall–Kier alpha value is -2.42. The van der Waals surface area contributed by atoms with Gasteiger partial charge in [-0.1, -0.05) is 31.5 Å². The molecule has 0 unspecified atom stereocenters. The van der Waals surface area contributed by atoms with Crippen LogP contribution in [0.15, 0.2) is 48.8 Å². The number of fused-ring (bicyclic) bond motifs is 1.